The van der Waals surface area contributed by atoms with E-state index in [1.54, 1.807) is 44.6 Å². The molecule has 21 heavy (non-hydrogen) atoms. The number of aromatic nitrogens is 2. The number of benzene rings is 1. The van der Waals surface area contributed by atoms with Crippen molar-refractivity contribution in [3.8, 4) is 0 Å². The summed E-state index contributed by atoms with van der Waals surface area (Å²) in [4.78, 5) is 23.6. The van der Waals surface area contributed by atoms with E-state index in [0.717, 1.165) is 11.3 Å². The average Bonchev–Trinajstić information content (AvgIpc) is 2.65. The molecule has 1 amide bonds. The van der Waals surface area contributed by atoms with E-state index in [2.05, 4.69) is 10.4 Å². The molecular formula is C15H17N3O3. The van der Waals surface area contributed by atoms with E-state index in [9.17, 15) is 14.7 Å². The first kappa shape index (κ1) is 14.8. The van der Waals surface area contributed by atoms with Gasteiger partial charge in [0.15, 0.2) is 0 Å². The molecule has 110 valence electrons. The molecule has 0 fully saturated rings. The molecule has 0 aliphatic rings. The standard InChI is InChI=1S/C15H17N3O3/c1-8-5-6-12(11(7-8)15(20)21)16-14(19)13-9(2)17-18(4)10(13)3/h5-7H,1-4H3,(H,16,19)(H,20,21). The molecule has 6 heteroatoms. The van der Waals surface area contributed by atoms with Gasteiger partial charge >= 0.3 is 5.97 Å². The number of nitrogens with zero attached hydrogens (tertiary/aromatic N) is 2. The van der Waals surface area contributed by atoms with Gasteiger partial charge in [-0.05, 0) is 32.9 Å². The van der Waals surface area contributed by atoms with Crippen molar-refractivity contribution in [3.63, 3.8) is 0 Å². The molecule has 0 spiro atoms. The number of aromatic carboxylic acids is 1. The minimum absolute atomic E-state index is 0.0718. The molecule has 2 N–H and O–H groups in total. The molecule has 0 saturated carbocycles. The van der Waals surface area contributed by atoms with E-state index in [4.69, 9.17) is 0 Å². The average molecular weight is 287 g/mol. The molecule has 0 atom stereocenters. The minimum Gasteiger partial charge on any atom is -0.478 e. The van der Waals surface area contributed by atoms with Crippen LogP contribution in [0.3, 0.4) is 0 Å². The Morgan fingerprint density at radius 2 is 1.90 bits per heavy atom. The Bertz CT molecular complexity index is 732. The summed E-state index contributed by atoms with van der Waals surface area (Å²) < 4.78 is 1.62. The Hall–Kier alpha value is -2.63. The van der Waals surface area contributed by atoms with Crippen molar-refractivity contribution in [3.05, 3.63) is 46.3 Å². The first-order chi connectivity index (χ1) is 9.81. The molecule has 1 aromatic heterocycles. The third-order valence-corrected chi connectivity index (χ3v) is 3.39. The van der Waals surface area contributed by atoms with Gasteiger partial charge in [-0.25, -0.2) is 4.79 Å². The Labute approximate surface area is 122 Å². The summed E-state index contributed by atoms with van der Waals surface area (Å²) in [6, 6.07) is 4.88. The van der Waals surface area contributed by atoms with Crippen LogP contribution in [0.4, 0.5) is 5.69 Å². The third kappa shape index (κ3) is 2.79. The van der Waals surface area contributed by atoms with Crippen LogP contribution in [0.15, 0.2) is 18.2 Å². The Morgan fingerprint density at radius 3 is 2.43 bits per heavy atom. The number of hydrogen-bond acceptors (Lipinski definition) is 3. The van der Waals surface area contributed by atoms with Gasteiger partial charge in [-0.2, -0.15) is 5.10 Å². The number of carboxylic acid groups (broad SMARTS) is 1. The van der Waals surface area contributed by atoms with Gasteiger partial charge in [0.2, 0.25) is 0 Å². The summed E-state index contributed by atoms with van der Waals surface area (Å²) >= 11 is 0. The number of carboxylic acids is 1. The van der Waals surface area contributed by atoms with Crippen LogP contribution in [0.5, 0.6) is 0 Å². The number of amides is 1. The summed E-state index contributed by atoms with van der Waals surface area (Å²) in [7, 11) is 1.76. The SMILES string of the molecule is Cc1ccc(NC(=O)c2c(C)nn(C)c2C)c(C(=O)O)c1. The minimum atomic E-state index is -1.08. The lowest BCUT2D eigenvalue weighted by molar-refractivity contribution is 0.0698. The fourth-order valence-electron chi connectivity index (χ4n) is 2.23. The van der Waals surface area contributed by atoms with E-state index in [0.29, 0.717) is 11.3 Å². The zero-order valence-corrected chi connectivity index (χ0v) is 12.4. The molecule has 0 saturated heterocycles. The molecular weight excluding hydrogens is 270 g/mol. The van der Waals surface area contributed by atoms with Crippen molar-refractivity contribution in [2.45, 2.75) is 20.8 Å². The first-order valence-electron chi connectivity index (χ1n) is 6.46. The topological polar surface area (TPSA) is 84.2 Å². The maximum atomic E-state index is 12.4. The smallest absolute Gasteiger partial charge is 0.337 e. The predicted octanol–water partition coefficient (Wildman–Crippen LogP) is 2.30. The van der Waals surface area contributed by atoms with Gasteiger partial charge in [0, 0.05) is 12.7 Å². The summed E-state index contributed by atoms with van der Waals surface area (Å²) in [5, 5.41) is 16.1. The molecule has 1 aromatic carbocycles. The van der Waals surface area contributed by atoms with Crippen molar-refractivity contribution in [2.75, 3.05) is 5.32 Å². The van der Waals surface area contributed by atoms with Crippen LogP contribution in [0.1, 0.15) is 37.7 Å². The molecule has 2 rings (SSSR count). The fourth-order valence-corrected chi connectivity index (χ4v) is 2.23. The highest BCUT2D eigenvalue weighted by molar-refractivity contribution is 6.08. The molecule has 0 bridgehead atoms. The predicted molar refractivity (Wildman–Crippen MR) is 78.8 cm³/mol. The molecule has 0 unspecified atom stereocenters. The van der Waals surface area contributed by atoms with Crippen LogP contribution >= 0.6 is 0 Å². The number of carbonyl (C=O) groups excluding carboxylic acids is 1. The van der Waals surface area contributed by atoms with E-state index < -0.39 is 5.97 Å². The Kier molecular flexibility index (Phi) is 3.80. The van der Waals surface area contributed by atoms with Gasteiger partial charge < -0.3 is 10.4 Å². The number of rotatable bonds is 3. The second-order valence-electron chi connectivity index (χ2n) is 4.98. The van der Waals surface area contributed by atoms with Gasteiger partial charge in [0.25, 0.3) is 5.91 Å². The lowest BCUT2D eigenvalue weighted by Gasteiger charge is -2.09. The molecule has 1 heterocycles. The molecule has 0 aliphatic heterocycles. The van der Waals surface area contributed by atoms with Crippen molar-refractivity contribution in [1.82, 2.24) is 9.78 Å². The van der Waals surface area contributed by atoms with E-state index in [-0.39, 0.29) is 17.2 Å². The zero-order chi connectivity index (χ0) is 15.7. The van der Waals surface area contributed by atoms with Crippen LogP contribution in [-0.4, -0.2) is 26.8 Å². The van der Waals surface area contributed by atoms with Gasteiger partial charge in [0.05, 0.1) is 22.5 Å². The van der Waals surface area contributed by atoms with E-state index in [1.165, 1.54) is 6.07 Å². The van der Waals surface area contributed by atoms with E-state index >= 15 is 0 Å². The van der Waals surface area contributed by atoms with Crippen LogP contribution in [0.2, 0.25) is 0 Å². The highest BCUT2D eigenvalue weighted by atomic mass is 16.4. The highest BCUT2D eigenvalue weighted by Gasteiger charge is 2.19. The first-order valence-corrected chi connectivity index (χ1v) is 6.46. The van der Waals surface area contributed by atoms with Crippen molar-refractivity contribution in [2.24, 2.45) is 7.05 Å². The summed E-state index contributed by atoms with van der Waals surface area (Å²) in [6.45, 7) is 5.34. The second-order valence-corrected chi connectivity index (χ2v) is 4.98. The largest absolute Gasteiger partial charge is 0.478 e. The normalized spacial score (nSPS) is 10.5. The van der Waals surface area contributed by atoms with Crippen molar-refractivity contribution >= 4 is 17.6 Å². The van der Waals surface area contributed by atoms with Crippen molar-refractivity contribution in [1.29, 1.82) is 0 Å². The summed E-state index contributed by atoms with van der Waals surface area (Å²) in [5.74, 6) is -1.43. The monoisotopic (exact) mass is 287 g/mol. The lowest BCUT2D eigenvalue weighted by atomic mass is 10.1. The van der Waals surface area contributed by atoms with Gasteiger partial charge in [-0.1, -0.05) is 11.6 Å². The summed E-state index contributed by atoms with van der Waals surface area (Å²) in [6.07, 6.45) is 0. The maximum absolute atomic E-state index is 12.4. The van der Waals surface area contributed by atoms with Crippen molar-refractivity contribution < 1.29 is 14.7 Å². The molecule has 0 aliphatic carbocycles. The number of nitrogens with one attached hydrogen (secondary N) is 1. The van der Waals surface area contributed by atoms with Crippen LogP contribution in [-0.2, 0) is 7.05 Å². The van der Waals surface area contributed by atoms with Gasteiger partial charge in [-0.15, -0.1) is 0 Å². The molecule has 0 radical (unpaired) electrons. The number of anilines is 1. The van der Waals surface area contributed by atoms with Crippen LogP contribution in [0.25, 0.3) is 0 Å². The van der Waals surface area contributed by atoms with Crippen LogP contribution < -0.4 is 5.32 Å². The summed E-state index contributed by atoms with van der Waals surface area (Å²) in [5.41, 5.74) is 2.97. The second kappa shape index (κ2) is 5.40. The highest BCUT2D eigenvalue weighted by Crippen LogP contribution is 2.20. The Morgan fingerprint density at radius 1 is 1.24 bits per heavy atom. The lowest BCUT2D eigenvalue weighted by Crippen LogP contribution is -2.16. The fraction of sp³-hybridized carbons (Fsp3) is 0.267. The molecule has 6 nitrogen and oxygen atoms in total. The Balaban J connectivity index is 2.38. The zero-order valence-electron chi connectivity index (χ0n) is 12.4. The quantitative estimate of drug-likeness (QED) is 0.907. The number of aryl methyl sites for hydroxylation is 3. The maximum Gasteiger partial charge on any atom is 0.337 e. The van der Waals surface area contributed by atoms with E-state index in [1.807, 2.05) is 0 Å². The number of carbonyl (C=O) groups is 2. The van der Waals surface area contributed by atoms with Gasteiger partial charge in [0.1, 0.15) is 0 Å². The van der Waals surface area contributed by atoms with Crippen LogP contribution in [0, 0.1) is 20.8 Å². The third-order valence-electron chi connectivity index (χ3n) is 3.39. The molecule has 2 aromatic rings. The number of hydrogen-bond donors (Lipinski definition) is 2. The van der Waals surface area contributed by atoms with Gasteiger partial charge in [-0.3, -0.25) is 9.48 Å².